The summed E-state index contributed by atoms with van der Waals surface area (Å²) >= 11 is 0. The lowest BCUT2D eigenvalue weighted by molar-refractivity contribution is 0.289. The molecule has 2 N–H and O–H groups in total. The minimum atomic E-state index is 0. The standard InChI is InChI=1S/C15H20N2O.ClH/c1-10(16)8-11-9-17(2)13-5-6-14-12(15(11)13)4-3-7-18-14;/h5-6,9-10H,3-4,7-8,16H2,1-2H3;1H. The molecule has 104 valence electrons. The Bertz CT molecular complexity index is 589. The molecule has 0 radical (unpaired) electrons. The highest BCUT2D eigenvalue weighted by Crippen LogP contribution is 2.35. The molecule has 3 nitrogen and oxygen atoms in total. The number of nitrogens with zero attached hydrogens (tertiary/aromatic N) is 1. The predicted molar refractivity (Wildman–Crippen MR) is 81.3 cm³/mol. The SMILES string of the molecule is CC(N)Cc1cn(C)c2ccc3c(c12)CCCO3.Cl. The van der Waals surface area contributed by atoms with Gasteiger partial charge in [0.25, 0.3) is 0 Å². The van der Waals surface area contributed by atoms with Gasteiger partial charge in [-0.05, 0) is 43.9 Å². The fourth-order valence-electron chi connectivity index (χ4n) is 2.95. The first-order valence-electron chi connectivity index (χ1n) is 6.65. The molecule has 0 amide bonds. The molecule has 0 saturated carbocycles. The molecule has 1 aliphatic heterocycles. The fourth-order valence-corrected chi connectivity index (χ4v) is 2.95. The van der Waals surface area contributed by atoms with Crippen molar-refractivity contribution < 1.29 is 4.74 Å². The number of aromatic nitrogens is 1. The molecule has 4 heteroatoms. The largest absolute Gasteiger partial charge is 0.493 e. The molecule has 0 fully saturated rings. The van der Waals surface area contributed by atoms with Gasteiger partial charge < -0.3 is 15.0 Å². The van der Waals surface area contributed by atoms with Crippen LogP contribution in [0.4, 0.5) is 0 Å². The molecule has 2 heterocycles. The van der Waals surface area contributed by atoms with E-state index >= 15 is 0 Å². The van der Waals surface area contributed by atoms with Crippen LogP contribution in [0.2, 0.25) is 0 Å². The average Bonchev–Trinajstić information content (AvgIpc) is 2.66. The Morgan fingerprint density at radius 3 is 2.95 bits per heavy atom. The van der Waals surface area contributed by atoms with Gasteiger partial charge in [0.05, 0.1) is 6.61 Å². The normalized spacial score (nSPS) is 15.5. The number of aryl methyl sites for hydroxylation is 2. The molecule has 0 bridgehead atoms. The van der Waals surface area contributed by atoms with Crippen LogP contribution in [0.25, 0.3) is 10.9 Å². The van der Waals surface area contributed by atoms with Crippen LogP contribution in [-0.4, -0.2) is 17.2 Å². The molecule has 0 spiro atoms. The summed E-state index contributed by atoms with van der Waals surface area (Å²) in [7, 11) is 2.10. The van der Waals surface area contributed by atoms with Crippen molar-refractivity contribution in [3.63, 3.8) is 0 Å². The molecule has 1 atom stereocenters. The summed E-state index contributed by atoms with van der Waals surface area (Å²) in [6.07, 6.45) is 5.36. The summed E-state index contributed by atoms with van der Waals surface area (Å²) < 4.78 is 7.96. The number of hydrogen-bond donors (Lipinski definition) is 1. The number of nitrogens with two attached hydrogens (primary N) is 1. The molecule has 1 aromatic heterocycles. The maximum absolute atomic E-state index is 5.96. The van der Waals surface area contributed by atoms with E-state index in [-0.39, 0.29) is 18.4 Å². The van der Waals surface area contributed by atoms with Crippen molar-refractivity contribution in [3.8, 4) is 5.75 Å². The van der Waals surface area contributed by atoms with E-state index in [9.17, 15) is 0 Å². The summed E-state index contributed by atoms with van der Waals surface area (Å²) in [5, 5.41) is 1.37. The van der Waals surface area contributed by atoms with Crippen LogP contribution in [0.1, 0.15) is 24.5 Å². The van der Waals surface area contributed by atoms with E-state index in [2.05, 4.69) is 36.9 Å². The Kier molecular flexibility index (Phi) is 4.07. The Labute approximate surface area is 120 Å². The highest BCUT2D eigenvalue weighted by molar-refractivity contribution is 5.89. The number of rotatable bonds is 2. The maximum atomic E-state index is 5.96. The summed E-state index contributed by atoms with van der Waals surface area (Å²) in [5.41, 5.74) is 9.97. The first-order valence-corrected chi connectivity index (χ1v) is 6.65. The quantitative estimate of drug-likeness (QED) is 0.919. The van der Waals surface area contributed by atoms with Crippen LogP contribution < -0.4 is 10.5 Å². The summed E-state index contributed by atoms with van der Waals surface area (Å²) in [4.78, 5) is 0. The van der Waals surface area contributed by atoms with Crippen molar-refractivity contribution >= 4 is 23.3 Å². The zero-order valence-corrected chi connectivity index (χ0v) is 12.3. The summed E-state index contributed by atoms with van der Waals surface area (Å²) in [5.74, 6) is 1.06. The van der Waals surface area contributed by atoms with Gasteiger partial charge in [0, 0.05) is 35.8 Å². The van der Waals surface area contributed by atoms with Crippen LogP contribution in [-0.2, 0) is 19.9 Å². The number of benzene rings is 1. The second-order valence-electron chi connectivity index (χ2n) is 5.34. The molecule has 1 unspecified atom stereocenters. The van der Waals surface area contributed by atoms with Crippen molar-refractivity contribution in [1.82, 2.24) is 4.57 Å². The summed E-state index contributed by atoms with van der Waals surface area (Å²) in [6, 6.07) is 4.45. The van der Waals surface area contributed by atoms with Gasteiger partial charge >= 0.3 is 0 Å². The lowest BCUT2D eigenvalue weighted by Gasteiger charge is -2.19. The minimum absolute atomic E-state index is 0. The van der Waals surface area contributed by atoms with E-state index in [0.717, 1.165) is 31.6 Å². The van der Waals surface area contributed by atoms with Crippen molar-refractivity contribution in [3.05, 3.63) is 29.5 Å². The van der Waals surface area contributed by atoms with Gasteiger partial charge in [-0.1, -0.05) is 0 Å². The molecule has 1 aromatic carbocycles. The van der Waals surface area contributed by atoms with Gasteiger partial charge in [-0.25, -0.2) is 0 Å². The smallest absolute Gasteiger partial charge is 0.123 e. The molecule has 0 saturated heterocycles. The Morgan fingerprint density at radius 2 is 2.21 bits per heavy atom. The molecular weight excluding hydrogens is 260 g/mol. The predicted octanol–water partition coefficient (Wildman–Crippen LogP) is 2.81. The third-order valence-corrected chi connectivity index (χ3v) is 3.67. The van der Waals surface area contributed by atoms with Crippen LogP contribution in [0, 0.1) is 0 Å². The maximum Gasteiger partial charge on any atom is 0.123 e. The van der Waals surface area contributed by atoms with E-state index in [4.69, 9.17) is 10.5 Å². The number of hydrogen-bond acceptors (Lipinski definition) is 2. The van der Waals surface area contributed by atoms with Crippen molar-refractivity contribution in [2.75, 3.05) is 6.61 Å². The number of halogens is 1. The average molecular weight is 281 g/mol. The van der Waals surface area contributed by atoms with E-state index in [0.29, 0.717) is 0 Å². The molecule has 19 heavy (non-hydrogen) atoms. The van der Waals surface area contributed by atoms with Crippen LogP contribution in [0.15, 0.2) is 18.3 Å². The topological polar surface area (TPSA) is 40.2 Å². The first kappa shape index (κ1) is 14.2. The van der Waals surface area contributed by atoms with Crippen molar-refractivity contribution in [2.45, 2.75) is 32.2 Å². The number of ether oxygens (including phenoxy) is 1. The second-order valence-corrected chi connectivity index (χ2v) is 5.34. The van der Waals surface area contributed by atoms with Crippen LogP contribution in [0.5, 0.6) is 5.75 Å². The number of fused-ring (bicyclic) bond motifs is 3. The summed E-state index contributed by atoms with van der Waals surface area (Å²) in [6.45, 7) is 2.90. The highest BCUT2D eigenvalue weighted by atomic mass is 35.5. The Morgan fingerprint density at radius 1 is 1.42 bits per heavy atom. The van der Waals surface area contributed by atoms with Gasteiger partial charge in [0.1, 0.15) is 5.75 Å². The van der Waals surface area contributed by atoms with Gasteiger partial charge in [-0.3, -0.25) is 0 Å². The van der Waals surface area contributed by atoms with E-state index in [1.807, 2.05) is 0 Å². The zero-order valence-electron chi connectivity index (χ0n) is 11.5. The molecule has 3 rings (SSSR count). The van der Waals surface area contributed by atoms with Crippen molar-refractivity contribution in [2.24, 2.45) is 12.8 Å². The van der Waals surface area contributed by atoms with Gasteiger partial charge in [0.15, 0.2) is 0 Å². The van der Waals surface area contributed by atoms with E-state index in [1.165, 1.54) is 22.0 Å². The monoisotopic (exact) mass is 280 g/mol. The van der Waals surface area contributed by atoms with Crippen LogP contribution in [0.3, 0.4) is 0 Å². The highest BCUT2D eigenvalue weighted by Gasteiger charge is 2.18. The van der Waals surface area contributed by atoms with Crippen molar-refractivity contribution in [1.29, 1.82) is 0 Å². The molecule has 1 aliphatic rings. The first-order chi connectivity index (χ1) is 8.66. The molecule has 0 aliphatic carbocycles. The van der Waals surface area contributed by atoms with Crippen LogP contribution >= 0.6 is 12.4 Å². The van der Waals surface area contributed by atoms with E-state index < -0.39 is 0 Å². The zero-order chi connectivity index (χ0) is 12.7. The van der Waals surface area contributed by atoms with Gasteiger partial charge in [0.2, 0.25) is 0 Å². The lowest BCUT2D eigenvalue weighted by Crippen LogP contribution is -2.18. The Hall–Kier alpha value is -1.19. The Balaban J connectivity index is 0.00000133. The van der Waals surface area contributed by atoms with E-state index in [1.54, 1.807) is 0 Å². The lowest BCUT2D eigenvalue weighted by atomic mass is 9.97. The second kappa shape index (κ2) is 5.43. The minimum Gasteiger partial charge on any atom is -0.493 e. The van der Waals surface area contributed by atoms with Gasteiger partial charge in [-0.2, -0.15) is 0 Å². The fraction of sp³-hybridized carbons (Fsp3) is 0.467. The third-order valence-electron chi connectivity index (χ3n) is 3.67. The third kappa shape index (κ3) is 2.45. The van der Waals surface area contributed by atoms with Gasteiger partial charge in [-0.15, -0.1) is 12.4 Å². The molecule has 2 aromatic rings. The molecular formula is C15H21ClN2O.